The van der Waals surface area contributed by atoms with Crippen LogP contribution in [-0.2, 0) is 0 Å². The Balaban J connectivity index is 2.95. The van der Waals surface area contributed by atoms with Crippen LogP contribution >= 0.6 is 0 Å². The van der Waals surface area contributed by atoms with Crippen LogP contribution in [0.2, 0.25) is 0 Å². The summed E-state index contributed by atoms with van der Waals surface area (Å²) in [7, 11) is 0. The van der Waals surface area contributed by atoms with E-state index in [0.29, 0.717) is 0 Å². The molecule has 0 aliphatic carbocycles. The van der Waals surface area contributed by atoms with Crippen molar-refractivity contribution in [3.63, 3.8) is 0 Å². The van der Waals surface area contributed by atoms with E-state index < -0.39 is 6.43 Å². The Hall–Kier alpha value is -0.180. The van der Waals surface area contributed by atoms with Gasteiger partial charge in [-0.15, -0.1) is 0 Å². The molecule has 0 bridgehead atoms. The first-order valence-electron chi connectivity index (χ1n) is 1.99. The van der Waals surface area contributed by atoms with Crippen molar-refractivity contribution < 1.29 is 8.78 Å². The van der Waals surface area contributed by atoms with Crippen LogP contribution in [0.3, 0.4) is 0 Å². The zero-order valence-corrected chi connectivity index (χ0v) is 4.12. The summed E-state index contributed by atoms with van der Waals surface area (Å²) in [4.78, 5) is 0. The minimum absolute atomic E-state index is 0.278. The van der Waals surface area contributed by atoms with E-state index in [1.165, 1.54) is 6.92 Å². The summed E-state index contributed by atoms with van der Waals surface area (Å²) in [5.41, 5.74) is 4.93. The lowest BCUT2D eigenvalue weighted by Gasteiger charge is -1.98. The molecule has 43 valence electrons. The van der Waals surface area contributed by atoms with Crippen LogP contribution in [0.4, 0.5) is 8.78 Å². The summed E-state index contributed by atoms with van der Waals surface area (Å²) in [6, 6.07) is 0.287. The SMILES string of the molecule is C[C](N)CC(F)F. The van der Waals surface area contributed by atoms with E-state index in [9.17, 15) is 8.78 Å². The molecule has 0 heterocycles. The highest BCUT2D eigenvalue weighted by molar-refractivity contribution is 4.74. The molecule has 0 aliphatic heterocycles. The number of nitrogens with two attached hydrogens (primary N) is 1. The minimum atomic E-state index is -2.29. The Kier molecular flexibility index (Phi) is 2.83. The topological polar surface area (TPSA) is 26.0 Å². The third kappa shape index (κ3) is 5.82. The normalized spacial score (nSPS) is 11.1. The average molecular weight is 108 g/mol. The van der Waals surface area contributed by atoms with E-state index in [0.717, 1.165) is 0 Å². The van der Waals surface area contributed by atoms with E-state index in [4.69, 9.17) is 5.73 Å². The second kappa shape index (κ2) is 2.91. The number of rotatable bonds is 2. The maximum Gasteiger partial charge on any atom is 0.240 e. The molecule has 0 rings (SSSR count). The zero-order chi connectivity index (χ0) is 5.86. The highest BCUT2D eigenvalue weighted by Crippen LogP contribution is 2.04. The Labute approximate surface area is 41.5 Å². The van der Waals surface area contributed by atoms with Gasteiger partial charge in [0.1, 0.15) is 0 Å². The molecule has 1 radical (unpaired) electrons. The lowest BCUT2D eigenvalue weighted by molar-refractivity contribution is 0.142. The van der Waals surface area contributed by atoms with Crippen LogP contribution in [0.25, 0.3) is 0 Å². The Morgan fingerprint density at radius 1 is 1.71 bits per heavy atom. The molecule has 3 heteroatoms. The fourth-order valence-corrected chi connectivity index (χ4v) is 0.243. The molecule has 0 aliphatic rings. The van der Waals surface area contributed by atoms with E-state index in [2.05, 4.69) is 0 Å². The first-order valence-corrected chi connectivity index (χ1v) is 1.99. The number of hydrogen-bond acceptors (Lipinski definition) is 1. The average Bonchev–Trinajstić information content (AvgIpc) is 1.27. The molecule has 0 amide bonds. The van der Waals surface area contributed by atoms with Crippen molar-refractivity contribution in [2.45, 2.75) is 19.8 Å². The first-order chi connectivity index (χ1) is 3.13. The summed E-state index contributed by atoms with van der Waals surface area (Å²) >= 11 is 0. The molecule has 0 spiro atoms. The van der Waals surface area contributed by atoms with Crippen LogP contribution in [0, 0.1) is 6.04 Å². The van der Waals surface area contributed by atoms with Gasteiger partial charge in [0.2, 0.25) is 6.43 Å². The van der Waals surface area contributed by atoms with E-state index >= 15 is 0 Å². The zero-order valence-electron chi connectivity index (χ0n) is 4.12. The maximum atomic E-state index is 11.2. The lowest BCUT2D eigenvalue weighted by Crippen LogP contribution is -2.08. The third-order valence-electron chi connectivity index (χ3n) is 0.476. The van der Waals surface area contributed by atoms with Gasteiger partial charge in [0, 0.05) is 12.5 Å². The van der Waals surface area contributed by atoms with Crippen molar-refractivity contribution in [1.29, 1.82) is 0 Å². The van der Waals surface area contributed by atoms with Crippen molar-refractivity contribution in [2.75, 3.05) is 0 Å². The van der Waals surface area contributed by atoms with Crippen LogP contribution in [0.15, 0.2) is 0 Å². The van der Waals surface area contributed by atoms with Gasteiger partial charge in [0.15, 0.2) is 0 Å². The Morgan fingerprint density at radius 3 is 2.14 bits per heavy atom. The fraction of sp³-hybridized carbons (Fsp3) is 0.750. The standard InChI is InChI=1S/C4H8F2N/c1-3(7)2-4(5)6/h4H,2,7H2,1H3. The highest BCUT2D eigenvalue weighted by atomic mass is 19.3. The number of hydrogen-bond donors (Lipinski definition) is 1. The second-order valence-corrected chi connectivity index (χ2v) is 1.44. The van der Waals surface area contributed by atoms with Crippen molar-refractivity contribution >= 4 is 0 Å². The van der Waals surface area contributed by atoms with Crippen LogP contribution in [-0.4, -0.2) is 6.43 Å². The molecular formula is C4H8F2N. The summed E-state index contributed by atoms with van der Waals surface area (Å²) in [6.07, 6.45) is -2.56. The van der Waals surface area contributed by atoms with Gasteiger partial charge in [0.05, 0.1) is 0 Å². The number of alkyl halides is 2. The molecule has 0 aromatic heterocycles. The van der Waals surface area contributed by atoms with Crippen molar-refractivity contribution in [3.8, 4) is 0 Å². The van der Waals surface area contributed by atoms with Gasteiger partial charge in [0.25, 0.3) is 0 Å². The number of halogens is 2. The molecule has 0 aromatic carbocycles. The van der Waals surface area contributed by atoms with Gasteiger partial charge in [-0.25, -0.2) is 8.78 Å². The molecule has 1 nitrogen and oxygen atoms in total. The highest BCUT2D eigenvalue weighted by Gasteiger charge is 2.04. The molecule has 2 N–H and O–H groups in total. The summed E-state index contributed by atoms with van der Waals surface area (Å²) in [5, 5.41) is 0. The largest absolute Gasteiger partial charge is 0.324 e. The molecule has 0 fully saturated rings. The van der Waals surface area contributed by atoms with Crippen LogP contribution < -0.4 is 5.73 Å². The van der Waals surface area contributed by atoms with Crippen LogP contribution in [0.1, 0.15) is 13.3 Å². The molecule has 0 saturated heterocycles. The predicted octanol–water partition coefficient (Wildman–Crippen LogP) is 1.15. The molecule has 7 heavy (non-hydrogen) atoms. The van der Waals surface area contributed by atoms with Crippen LogP contribution in [0.5, 0.6) is 0 Å². The molecule has 0 saturated carbocycles. The van der Waals surface area contributed by atoms with E-state index in [1.807, 2.05) is 0 Å². The predicted molar refractivity (Wildman–Crippen MR) is 23.7 cm³/mol. The smallest absolute Gasteiger partial charge is 0.240 e. The Morgan fingerprint density at radius 2 is 2.14 bits per heavy atom. The van der Waals surface area contributed by atoms with Crippen molar-refractivity contribution in [3.05, 3.63) is 6.04 Å². The first kappa shape index (κ1) is 6.82. The molecular weight excluding hydrogens is 100 g/mol. The summed E-state index contributed by atoms with van der Waals surface area (Å²) < 4.78 is 22.4. The lowest BCUT2D eigenvalue weighted by atomic mass is 10.3. The van der Waals surface area contributed by atoms with Gasteiger partial charge in [-0.1, -0.05) is 0 Å². The fourth-order valence-electron chi connectivity index (χ4n) is 0.243. The third-order valence-corrected chi connectivity index (χ3v) is 0.476. The molecule has 0 aromatic rings. The van der Waals surface area contributed by atoms with Gasteiger partial charge in [-0.3, -0.25) is 0 Å². The van der Waals surface area contributed by atoms with Gasteiger partial charge in [-0.05, 0) is 6.92 Å². The summed E-state index contributed by atoms with van der Waals surface area (Å²) in [5.74, 6) is 0. The maximum absolute atomic E-state index is 11.2. The van der Waals surface area contributed by atoms with E-state index in [-0.39, 0.29) is 12.5 Å². The monoisotopic (exact) mass is 108 g/mol. The van der Waals surface area contributed by atoms with Gasteiger partial charge in [-0.2, -0.15) is 0 Å². The quantitative estimate of drug-likeness (QED) is 0.564. The second-order valence-electron chi connectivity index (χ2n) is 1.44. The van der Waals surface area contributed by atoms with Gasteiger partial charge < -0.3 is 5.73 Å². The Bertz CT molecular complexity index is 39.0. The van der Waals surface area contributed by atoms with E-state index in [1.54, 1.807) is 0 Å². The molecule has 0 unspecified atom stereocenters. The summed E-state index contributed by atoms with van der Waals surface area (Å²) in [6.45, 7) is 1.48. The van der Waals surface area contributed by atoms with Crippen molar-refractivity contribution in [1.82, 2.24) is 0 Å². The molecule has 0 atom stereocenters. The van der Waals surface area contributed by atoms with Crippen molar-refractivity contribution in [2.24, 2.45) is 5.73 Å². The minimum Gasteiger partial charge on any atom is -0.324 e. The van der Waals surface area contributed by atoms with Gasteiger partial charge >= 0.3 is 0 Å².